The standard InChI is InChI=1S/C6H7F3N2O4S2/c1-3-4(16-5(12)10-3)17(13,14)11-15-2-6(7,8)9/h11H,2H2,1H3,(H,10,12). The molecule has 1 heterocycles. The van der Waals surface area contributed by atoms with Gasteiger partial charge in [-0.15, -0.1) is 0 Å². The highest BCUT2D eigenvalue weighted by Crippen LogP contribution is 2.17. The van der Waals surface area contributed by atoms with E-state index in [1.54, 1.807) is 0 Å². The highest BCUT2D eigenvalue weighted by atomic mass is 32.2. The number of aryl methyl sites for hydroxylation is 1. The summed E-state index contributed by atoms with van der Waals surface area (Å²) in [6.45, 7) is -0.458. The number of H-pyrrole nitrogens is 1. The van der Waals surface area contributed by atoms with Crippen molar-refractivity contribution in [2.45, 2.75) is 17.3 Å². The first-order chi connectivity index (χ1) is 7.62. The van der Waals surface area contributed by atoms with E-state index in [1.807, 2.05) is 0 Å². The van der Waals surface area contributed by atoms with Crippen LogP contribution in [0.25, 0.3) is 0 Å². The van der Waals surface area contributed by atoms with Crippen molar-refractivity contribution in [3.05, 3.63) is 15.4 Å². The molecular formula is C6H7F3N2O4S2. The molecule has 0 amide bonds. The zero-order chi connectivity index (χ0) is 13.3. The van der Waals surface area contributed by atoms with Gasteiger partial charge in [0.2, 0.25) is 0 Å². The average Bonchev–Trinajstić information content (AvgIpc) is 2.43. The van der Waals surface area contributed by atoms with E-state index in [0.717, 1.165) is 0 Å². The normalized spacial score (nSPS) is 12.9. The monoisotopic (exact) mass is 292 g/mol. The van der Waals surface area contributed by atoms with Crippen LogP contribution >= 0.6 is 11.3 Å². The Balaban J connectivity index is 2.77. The average molecular weight is 292 g/mol. The van der Waals surface area contributed by atoms with Crippen molar-refractivity contribution < 1.29 is 26.4 Å². The van der Waals surface area contributed by atoms with Gasteiger partial charge in [-0.25, -0.2) is 8.42 Å². The van der Waals surface area contributed by atoms with Crippen molar-refractivity contribution in [2.75, 3.05) is 6.61 Å². The van der Waals surface area contributed by atoms with E-state index >= 15 is 0 Å². The maximum absolute atomic E-state index is 11.7. The second kappa shape index (κ2) is 4.76. The summed E-state index contributed by atoms with van der Waals surface area (Å²) in [6.07, 6.45) is -4.65. The fraction of sp³-hybridized carbons (Fsp3) is 0.500. The maximum atomic E-state index is 11.7. The molecule has 0 radical (unpaired) electrons. The van der Waals surface area contributed by atoms with Crippen molar-refractivity contribution in [3.63, 3.8) is 0 Å². The number of halogens is 3. The van der Waals surface area contributed by atoms with E-state index < -0.39 is 31.9 Å². The van der Waals surface area contributed by atoms with E-state index in [-0.39, 0.29) is 5.69 Å². The fourth-order valence-corrected chi connectivity index (χ4v) is 2.96. The lowest BCUT2D eigenvalue weighted by molar-refractivity contribution is -0.181. The molecule has 0 saturated carbocycles. The molecule has 0 atom stereocenters. The molecular weight excluding hydrogens is 285 g/mol. The number of aromatic nitrogens is 1. The third-order valence-corrected chi connectivity index (χ3v) is 4.25. The van der Waals surface area contributed by atoms with Gasteiger partial charge in [-0.05, 0) is 6.92 Å². The quantitative estimate of drug-likeness (QED) is 0.792. The second-order valence-electron chi connectivity index (χ2n) is 2.92. The van der Waals surface area contributed by atoms with Crippen molar-refractivity contribution in [1.82, 2.24) is 9.87 Å². The Kier molecular flexibility index (Phi) is 3.96. The molecule has 98 valence electrons. The molecule has 0 aliphatic carbocycles. The predicted molar refractivity (Wildman–Crippen MR) is 52.0 cm³/mol. The first-order valence-corrected chi connectivity index (χ1v) is 6.32. The van der Waals surface area contributed by atoms with Gasteiger partial charge in [0, 0.05) is 5.69 Å². The molecule has 0 spiro atoms. The van der Waals surface area contributed by atoms with Crippen LogP contribution in [-0.4, -0.2) is 26.2 Å². The summed E-state index contributed by atoms with van der Waals surface area (Å²) < 4.78 is 57.5. The lowest BCUT2D eigenvalue weighted by Gasteiger charge is -2.08. The molecule has 1 aromatic rings. The summed E-state index contributed by atoms with van der Waals surface area (Å²) in [5, 5.41) is 0. The Hall–Kier alpha value is -0.910. The number of nitrogens with one attached hydrogen (secondary N) is 2. The molecule has 0 fully saturated rings. The van der Waals surface area contributed by atoms with Crippen LogP contribution in [0.1, 0.15) is 5.69 Å². The van der Waals surface area contributed by atoms with Gasteiger partial charge in [0.25, 0.3) is 10.0 Å². The van der Waals surface area contributed by atoms with Crippen LogP contribution in [-0.2, 0) is 14.9 Å². The van der Waals surface area contributed by atoms with Crippen LogP contribution in [0.2, 0.25) is 0 Å². The van der Waals surface area contributed by atoms with Gasteiger partial charge in [0.05, 0.1) is 0 Å². The molecule has 0 aliphatic rings. The minimum atomic E-state index is -4.65. The zero-order valence-electron chi connectivity index (χ0n) is 8.29. The van der Waals surface area contributed by atoms with Crippen LogP contribution < -0.4 is 9.76 Å². The van der Waals surface area contributed by atoms with E-state index in [9.17, 15) is 26.4 Å². The third kappa shape index (κ3) is 4.11. The summed E-state index contributed by atoms with van der Waals surface area (Å²) in [5.74, 6) is 0. The second-order valence-corrected chi connectivity index (χ2v) is 5.74. The summed E-state index contributed by atoms with van der Waals surface area (Å²) in [4.78, 5) is 17.5. The molecule has 0 bridgehead atoms. The zero-order valence-corrected chi connectivity index (χ0v) is 9.92. The fourth-order valence-electron chi connectivity index (χ4n) is 0.873. The molecule has 1 rings (SSSR count). The molecule has 0 saturated heterocycles. The van der Waals surface area contributed by atoms with Gasteiger partial charge >= 0.3 is 11.0 Å². The topological polar surface area (TPSA) is 88.3 Å². The smallest absolute Gasteiger partial charge is 0.315 e. The number of aromatic amines is 1. The van der Waals surface area contributed by atoms with Crippen LogP contribution in [0, 0.1) is 6.92 Å². The summed E-state index contributed by atoms with van der Waals surface area (Å²) in [7, 11) is -4.28. The van der Waals surface area contributed by atoms with Gasteiger partial charge in [0.15, 0.2) is 10.8 Å². The minimum Gasteiger partial charge on any atom is -0.315 e. The molecule has 0 aliphatic heterocycles. The van der Waals surface area contributed by atoms with E-state index in [2.05, 4.69) is 9.82 Å². The van der Waals surface area contributed by atoms with Gasteiger partial charge in [-0.3, -0.25) is 9.63 Å². The first kappa shape index (κ1) is 14.2. The highest BCUT2D eigenvalue weighted by molar-refractivity contribution is 7.91. The van der Waals surface area contributed by atoms with Crippen LogP contribution in [0.15, 0.2) is 9.00 Å². The lowest BCUT2D eigenvalue weighted by Crippen LogP contribution is -2.29. The molecule has 6 nitrogen and oxygen atoms in total. The Labute approximate surface area is 97.4 Å². The van der Waals surface area contributed by atoms with Crippen LogP contribution in [0.4, 0.5) is 13.2 Å². The molecule has 17 heavy (non-hydrogen) atoms. The van der Waals surface area contributed by atoms with Gasteiger partial charge < -0.3 is 4.98 Å². The Bertz CT molecular complexity index is 544. The van der Waals surface area contributed by atoms with Gasteiger partial charge in [-0.1, -0.05) is 16.2 Å². The number of hydrogen-bond acceptors (Lipinski definition) is 5. The molecule has 0 unspecified atom stereocenters. The SMILES string of the molecule is Cc1[nH]c(=O)sc1S(=O)(=O)NOCC(F)(F)F. The van der Waals surface area contributed by atoms with Crippen molar-refractivity contribution in [3.8, 4) is 0 Å². The van der Waals surface area contributed by atoms with Crippen molar-refractivity contribution in [1.29, 1.82) is 0 Å². The lowest BCUT2D eigenvalue weighted by atomic mass is 10.6. The minimum absolute atomic E-state index is 0.0307. The number of alkyl halides is 3. The number of sulfonamides is 1. The Morgan fingerprint density at radius 1 is 1.47 bits per heavy atom. The van der Waals surface area contributed by atoms with Crippen molar-refractivity contribution >= 4 is 21.4 Å². The molecule has 11 heteroatoms. The third-order valence-electron chi connectivity index (χ3n) is 1.43. The van der Waals surface area contributed by atoms with E-state index in [0.29, 0.717) is 11.3 Å². The summed E-state index contributed by atoms with van der Waals surface area (Å²) >= 11 is 0.356. The summed E-state index contributed by atoms with van der Waals surface area (Å²) in [5.41, 5.74) is 0.0307. The molecule has 0 aromatic carbocycles. The number of hydrogen-bond donors (Lipinski definition) is 2. The largest absolute Gasteiger partial charge is 0.413 e. The molecule has 1 aromatic heterocycles. The first-order valence-electron chi connectivity index (χ1n) is 4.02. The summed E-state index contributed by atoms with van der Waals surface area (Å²) in [6, 6.07) is 0. The Morgan fingerprint density at radius 3 is 2.47 bits per heavy atom. The predicted octanol–water partition coefficient (Wildman–Crippen LogP) is 0.517. The maximum Gasteiger partial charge on any atom is 0.413 e. The van der Waals surface area contributed by atoms with E-state index in [4.69, 9.17) is 0 Å². The number of rotatable bonds is 4. The van der Waals surface area contributed by atoms with Crippen molar-refractivity contribution in [2.24, 2.45) is 0 Å². The van der Waals surface area contributed by atoms with Crippen LogP contribution in [0.5, 0.6) is 0 Å². The van der Waals surface area contributed by atoms with Crippen LogP contribution in [0.3, 0.4) is 0 Å². The van der Waals surface area contributed by atoms with Gasteiger partial charge in [0.1, 0.15) is 0 Å². The van der Waals surface area contributed by atoms with E-state index in [1.165, 1.54) is 11.8 Å². The highest BCUT2D eigenvalue weighted by Gasteiger charge is 2.29. The number of thiazole rings is 1. The van der Waals surface area contributed by atoms with Gasteiger partial charge in [-0.2, -0.15) is 13.2 Å². The molecule has 2 N–H and O–H groups in total. The Morgan fingerprint density at radius 2 is 2.06 bits per heavy atom.